The van der Waals surface area contributed by atoms with E-state index in [1.165, 1.54) is 12.8 Å². The Labute approximate surface area is 297 Å². The second-order valence-corrected chi connectivity index (χ2v) is 14.6. The van der Waals surface area contributed by atoms with Gasteiger partial charge in [-0.1, -0.05) is 62.7 Å². The summed E-state index contributed by atoms with van der Waals surface area (Å²) in [6.07, 6.45) is 7.45. The molecule has 1 aliphatic heterocycles. The van der Waals surface area contributed by atoms with E-state index in [4.69, 9.17) is 9.84 Å². The van der Waals surface area contributed by atoms with Crippen LogP contribution in [0.1, 0.15) is 81.0 Å². The van der Waals surface area contributed by atoms with E-state index in [9.17, 15) is 4.79 Å². The average molecular weight is 682 g/mol. The lowest BCUT2D eigenvalue weighted by Gasteiger charge is -2.32. The Hall–Kier alpha value is -5.71. The van der Waals surface area contributed by atoms with E-state index in [1.807, 2.05) is 77.5 Å². The highest BCUT2D eigenvalue weighted by Crippen LogP contribution is 2.39. The van der Waals surface area contributed by atoms with Gasteiger partial charge in [0, 0.05) is 36.3 Å². The number of carbonyl (C=O) groups excluding carboxylic acids is 1. The van der Waals surface area contributed by atoms with Crippen LogP contribution in [0.3, 0.4) is 0 Å². The molecule has 2 N–H and O–H groups in total. The van der Waals surface area contributed by atoms with Crippen LogP contribution in [0, 0.1) is 6.92 Å². The van der Waals surface area contributed by atoms with Crippen molar-refractivity contribution in [3.05, 3.63) is 114 Å². The van der Waals surface area contributed by atoms with Gasteiger partial charge in [0.05, 0.1) is 23.6 Å². The van der Waals surface area contributed by atoms with E-state index >= 15 is 0 Å². The van der Waals surface area contributed by atoms with E-state index in [-0.39, 0.29) is 23.6 Å². The predicted molar refractivity (Wildman–Crippen MR) is 199 cm³/mol. The van der Waals surface area contributed by atoms with Crippen molar-refractivity contribution in [1.82, 2.24) is 34.7 Å². The lowest BCUT2D eigenvalue weighted by atomic mass is 9.85. The zero-order valence-corrected chi connectivity index (χ0v) is 29.5. The lowest BCUT2D eigenvalue weighted by molar-refractivity contribution is 0.171. The Morgan fingerprint density at radius 2 is 1.69 bits per heavy atom. The fraction of sp³-hybridized carbons (Fsp3) is 0.325. The molecular formula is C40H43N9O2. The Balaban J connectivity index is 1.00. The number of hydrogen-bond acceptors (Lipinski definition) is 7. The first kappa shape index (κ1) is 32.5. The van der Waals surface area contributed by atoms with Gasteiger partial charge in [-0.2, -0.15) is 5.10 Å². The van der Waals surface area contributed by atoms with Crippen LogP contribution in [0.15, 0.2) is 91.3 Å². The van der Waals surface area contributed by atoms with Gasteiger partial charge in [-0.05, 0) is 80.1 Å². The van der Waals surface area contributed by atoms with E-state index in [0.29, 0.717) is 5.82 Å². The molecule has 2 aliphatic rings. The highest BCUT2D eigenvalue weighted by Gasteiger charge is 2.30. The standard InChI is InChI=1S/C40H43N9O2/c1-26-11-13-28(14-12-26)49-37(24-34(46-49)40(2,3)4)43-39(50)42-32-16-17-33(31-10-6-5-9-30(31)32)51-29-15-18-35-44-45-38(48(35)25-29)27-19-20-41-36(23-27)47-21-7-8-22-47/h5-6,9-15,18-20,23-25,32-33H,7-8,16-17,21-22H2,1-4H3,(H2,42,43,50). The second-order valence-electron chi connectivity index (χ2n) is 14.6. The number of hydrogen-bond donors (Lipinski definition) is 2. The van der Waals surface area contributed by atoms with E-state index in [1.54, 1.807) is 4.68 Å². The molecule has 1 aliphatic carbocycles. The van der Waals surface area contributed by atoms with Gasteiger partial charge in [-0.25, -0.2) is 14.5 Å². The number of carbonyl (C=O) groups is 1. The zero-order chi connectivity index (χ0) is 35.1. The fourth-order valence-corrected chi connectivity index (χ4v) is 7.03. The molecule has 11 nitrogen and oxygen atoms in total. The van der Waals surface area contributed by atoms with Crippen molar-refractivity contribution in [3.8, 4) is 22.8 Å². The number of nitrogens with one attached hydrogen (secondary N) is 2. The number of fused-ring (bicyclic) bond motifs is 2. The molecule has 2 unspecified atom stereocenters. The van der Waals surface area contributed by atoms with Gasteiger partial charge in [0.1, 0.15) is 23.5 Å². The van der Waals surface area contributed by atoms with Crippen LogP contribution in [0.5, 0.6) is 5.75 Å². The lowest BCUT2D eigenvalue weighted by Crippen LogP contribution is -2.36. The average Bonchev–Trinajstić information content (AvgIpc) is 3.91. The molecule has 0 radical (unpaired) electrons. The second kappa shape index (κ2) is 13.2. The summed E-state index contributed by atoms with van der Waals surface area (Å²) in [5, 5.41) is 20.2. The van der Waals surface area contributed by atoms with Crippen LogP contribution < -0.4 is 20.3 Å². The van der Waals surface area contributed by atoms with Crippen molar-refractivity contribution in [2.24, 2.45) is 0 Å². The number of anilines is 2. The number of aromatic nitrogens is 6. The third kappa shape index (κ3) is 6.63. The molecule has 1 fully saturated rings. The summed E-state index contributed by atoms with van der Waals surface area (Å²) in [6.45, 7) is 10.5. The summed E-state index contributed by atoms with van der Waals surface area (Å²) in [5.74, 6) is 3.06. The first-order chi connectivity index (χ1) is 24.7. The summed E-state index contributed by atoms with van der Waals surface area (Å²) >= 11 is 0. The maximum Gasteiger partial charge on any atom is 0.320 e. The van der Waals surface area contributed by atoms with Gasteiger partial charge in [-0.3, -0.25) is 9.72 Å². The van der Waals surface area contributed by atoms with Crippen LogP contribution in [0.4, 0.5) is 16.4 Å². The van der Waals surface area contributed by atoms with Crippen LogP contribution in [-0.2, 0) is 5.41 Å². The number of nitrogens with zero attached hydrogens (tertiary/aromatic N) is 7. The minimum atomic E-state index is -0.280. The third-order valence-electron chi connectivity index (χ3n) is 9.83. The molecule has 0 spiro atoms. The smallest absolute Gasteiger partial charge is 0.320 e. The molecular weight excluding hydrogens is 639 g/mol. The molecule has 2 aromatic carbocycles. The molecule has 0 saturated carbocycles. The molecule has 1 saturated heterocycles. The Kier molecular flexibility index (Phi) is 8.41. The van der Waals surface area contributed by atoms with Gasteiger partial charge < -0.3 is 15.0 Å². The van der Waals surface area contributed by atoms with Crippen molar-refractivity contribution >= 4 is 23.3 Å². The van der Waals surface area contributed by atoms with Gasteiger partial charge in [-0.15, -0.1) is 10.2 Å². The predicted octanol–water partition coefficient (Wildman–Crippen LogP) is 7.96. The topological polar surface area (TPSA) is 114 Å². The number of rotatable bonds is 7. The molecule has 6 aromatic rings. The van der Waals surface area contributed by atoms with Crippen LogP contribution in [0.25, 0.3) is 22.7 Å². The highest BCUT2D eigenvalue weighted by atomic mass is 16.5. The molecule has 2 amide bonds. The molecule has 8 rings (SSSR count). The van der Waals surface area contributed by atoms with Crippen molar-refractivity contribution in [2.45, 2.75) is 70.9 Å². The largest absolute Gasteiger partial charge is 0.484 e. The summed E-state index contributed by atoms with van der Waals surface area (Å²) in [5.41, 5.74) is 6.57. The number of urea groups is 1. The quantitative estimate of drug-likeness (QED) is 0.176. The number of amides is 2. The Bertz CT molecular complexity index is 2190. The minimum Gasteiger partial charge on any atom is -0.484 e. The van der Waals surface area contributed by atoms with Gasteiger partial charge >= 0.3 is 6.03 Å². The number of ether oxygens (including phenoxy) is 1. The zero-order valence-electron chi connectivity index (χ0n) is 29.5. The third-order valence-corrected chi connectivity index (χ3v) is 9.83. The van der Waals surface area contributed by atoms with Gasteiger partial charge in [0.25, 0.3) is 0 Å². The maximum atomic E-state index is 13.6. The van der Waals surface area contributed by atoms with Crippen molar-refractivity contribution in [1.29, 1.82) is 0 Å². The fourth-order valence-electron chi connectivity index (χ4n) is 7.03. The van der Waals surface area contributed by atoms with Gasteiger partial charge in [0.2, 0.25) is 0 Å². The van der Waals surface area contributed by atoms with Crippen LogP contribution in [-0.4, -0.2) is 48.5 Å². The van der Waals surface area contributed by atoms with E-state index in [2.05, 4.69) is 76.6 Å². The molecule has 51 heavy (non-hydrogen) atoms. The first-order valence-electron chi connectivity index (χ1n) is 17.8. The molecule has 5 heterocycles. The SMILES string of the molecule is Cc1ccc(-n2nc(C(C)(C)C)cc2NC(=O)NC2CCC(Oc3ccc4nnc(-c5ccnc(N6CCCC6)c5)n4c3)c3ccccc32)cc1. The van der Waals surface area contributed by atoms with Crippen LogP contribution >= 0.6 is 0 Å². The summed E-state index contributed by atoms with van der Waals surface area (Å²) in [7, 11) is 0. The molecule has 0 bridgehead atoms. The minimum absolute atomic E-state index is 0.178. The number of pyridine rings is 2. The van der Waals surface area contributed by atoms with Gasteiger partial charge in [0.15, 0.2) is 11.5 Å². The Morgan fingerprint density at radius 3 is 2.47 bits per heavy atom. The van der Waals surface area contributed by atoms with Crippen molar-refractivity contribution in [2.75, 3.05) is 23.3 Å². The summed E-state index contributed by atoms with van der Waals surface area (Å²) in [6, 6.07) is 25.8. The van der Waals surface area contributed by atoms with Crippen molar-refractivity contribution in [3.63, 3.8) is 0 Å². The highest BCUT2D eigenvalue weighted by molar-refractivity contribution is 5.89. The molecule has 2 atom stereocenters. The van der Waals surface area contributed by atoms with Crippen LogP contribution in [0.2, 0.25) is 0 Å². The summed E-state index contributed by atoms with van der Waals surface area (Å²) < 4.78 is 10.5. The van der Waals surface area contributed by atoms with E-state index in [0.717, 1.165) is 82.6 Å². The molecule has 4 aromatic heterocycles. The molecule has 11 heteroatoms. The monoisotopic (exact) mass is 681 g/mol. The Morgan fingerprint density at radius 1 is 0.902 bits per heavy atom. The number of benzene rings is 2. The van der Waals surface area contributed by atoms with E-state index < -0.39 is 0 Å². The van der Waals surface area contributed by atoms with Crippen molar-refractivity contribution < 1.29 is 9.53 Å². The maximum absolute atomic E-state index is 13.6. The first-order valence-corrected chi connectivity index (χ1v) is 17.8. The summed E-state index contributed by atoms with van der Waals surface area (Å²) in [4.78, 5) is 20.5. The number of aryl methyl sites for hydroxylation is 1. The normalized spacial score (nSPS) is 17.4. The molecule has 260 valence electrons.